The minimum absolute atomic E-state index is 0.731. The van der Waals surface area contributed by atoms with E-state index >= 15 is 0 Å². The van der Waals surface area contributed by atoms with Crippen molar-refractivity contribution in [2.75, 3.05) is 13.2 Å². The molecule has 0 aromatic heterocycles. The number of hydrogen-bond donors (Lipinski definition) is 1. The Morgan fingerprint density at radius 1 is 0.842 bits per heavy atom. The second-order valence-corrected chi connectivity index (χ2v) is 4.61. The Hall–Kier alpha value is -1.80. The number of ether oxygens (including phenoxy) is 1. The van der Waals surface area contributed by atoms with Crippen molar-refractivity contribution in [2.45, 2.75) is 19.3 Å². The molecule has 2 aromatic carbocycles. The van der Waals surface area contributed by atoms with Gasteiger partial charge in [0.25, 0.3) is 0 Å². The van der Waals surface area contributed by atoms with Crippen LogP contribution in [0.15, 0.2) is 54.6 Å². The number of para-hydroxylation sites is 1. The smallest absolute Gasteiger partial charge is 0.122 e. The zero-order valence-corrected chi connectivity index (χ0v) is 11.2. The first-order chi connectivity index (χ1) is 9.40. The van der Waals surface area contributed by atoms with E-state index in [2.05, 4.69) is 36.4 Å². The molecule has 0 atom stereocenters. The van der Waals surface area contributed by atoms with Gasteiger partial charge in [-0.15, -0.1) is 0 Å². The van der Waals surface area contributed by atoms with Crippen molar-refractivity contribution in [2.24, 2.45) is 5.73 Å². The number of benzene rings is 2. The van der Waals surface area contributed by atoms with Gasteiger partial charge in [0, 0.05) is 6.42 Å². The molecule has 0 aliphatic heterocycles. The molecule has 0 aliphatic carbocycles. The van der Waals surface area contributed by atoms with Gasteiger partial charge in [0.1, 0.15) is 5.75 Å². The van der Waals surface area contributed by atoms with Gasteiger partial charge in [0.05, 0.1) is 6.61 Å². The molecule has 2 N–H and O–H groups in total. The van der Waals surface area contributed by atoms with Crippen LogP contribution in [-0.4, -0.2) is 13.2 Å². The lowest BCUT2D eigenvalue weighted by atomic mass is 10.0. The van der Waals surface area contributed by atoms with E-state index in [1.165, 1.54) is 11.1 Å². The molecule has 100 valence electrons. The molecule has 0 saturated carbocycles. The van der Waals surface area contributed by atoms with Crippen LogP contribution < -0.4 is 10.5 Å². The highest BCUT2D eigenvalue weighted by Gasteiger charge is 2.03. The van der Waals surface area contributed by atoms with Crippen molar-refractivity contribution in [3.8, 4) is 5.75 Å². The van der Waals surface area contributed by atoms with Gasteiger partial charge in [-0.1, -0.05) is 48.5 Å². The summed E-state index contributed by atoms with van der Waals surface area (Å²) in [5.74, 6) is 0.989. The first-order valence-corrected chi connectivity index (χ1v) is 6.85. The minimum Gasteiger partial charge on any atom is -0.493 e. The molecule has 0 radical (unpaired) electrons. The van der Waals surface area contributed by atoms with Crippen molar-refractivity contribution < 1.29 is 4.74 Å². The van der Waals surface area contributed by atoms with Gasteiger partial charge in [-0.2, -0.15) is 0 Å². The molecular weight excluding hydrogens is 234 g/mol. The third-order valence-corrected chi connectivity index (χ3v) is 3.07. The summed E-state index contributed by atoms with van der Waals surface area (Å²) in [7, 11) is 0. The average Bonchev–Trinajstić information content (AvgIpc) is 2.46. The predicted octanol–water partition coefficient (Wildman–Crippen LogP) is 3.40. The van der Waals surface area contributed by atoms with E-state index in [9.17, 15) is 0 Å². The topological polar surface area (TPSA) is 35.2 Å². The summed E-state index contributed by atoms with van der Waals surface area (Å²) in [5.41, 5.74) is 8.03. The zero-order valence-electron chi connectivity index (χ0n) is 11.2. The van der Waals surface area contributed by atoms with E-state index in [-0.39, 0.29) is 0 Å². The van der Waals surface area contributed by atoms with Gasteiger partial charge in [-0.05, 0) is 36.6 Å². The fraction of sp³-hybridized carbons (Fsp3) is 0.294. The largest absolute Gasteiger partial charge is 0.493 e. The van der Waals surface area contributed by atoms with E-state index in [0.29, 0.717) is 0 Å². The van der Waals surface area contributed by atoms with Gasteiger partial charge in [0.2, 0.25) is 0 Å². The lowest BCUT2D eigenvalue weighted by Crippen LogP contribution is -2.04. The molecular formula is C17H21NO. The molecule has 0 bridgehead atoms. The fourth-order valence-corrected chi connectivity index (χ4v) is 2.03. The van der Waals surface area contributed by atoms with Crippen molar-refractivity contribution in [3.63, 3.8) is 0 Å². The SMILES string of the molecule is NCCCCOc1ccccc1Cc1ccccc1. The zero-order chi connectivity index (χ0) is 13.3. The average molecular weight is 255 g/mol. The number of unbranched alkanes of at least 4 members (excludes halogenated alkanes) is 1. The van der Waals surface area contributed by atoms with Gasteiger partial charge >= 0.3 is 0 Å². The van der Waals surface area contributed by atoms with E-state index < -0.39 is 0 Å². The van der Waals surface area contributed by atoms with Gasteiger partial charge < -0.3 is 10.5 Å². The summed E-state index contributed by atoms with van der Waals surface area (Å²) in [6, 6.07) is 18.7. The van der Waals surface area contributed by atoms with E-state index in [0.717, 1.165) is 38.2 Å². The number of hydrogen-bond acceptors (Lipinski definition) is 2. The van der Waals surface area contributed by atoms with E-state index in [1.54, 1.807) is 0 Å². The van der Waals surface area contributed by atoms with Crippen LogP contribution in [0.4, 0.5) is 0 Å². The van der Waals surface area contributed by atoms with Crippen molar-refractivity contribution >= 4 is 0 Å². The van der Waals surface area contributed by atoms with Gasteiger partial charge in [-0.3, -0.25) is 0 Å². The molecule has 2 rings (SSSR count). The van der Waals surface area contributed by atoms with Crippen LogP contribution in [0.2, 0.25) is 0 Å². The second-order valence-electron chi connectivity index (χ2n) is 4.61. The maximum Gasteiger partial charge on any atom is 0.122 e. The first-order valence-electron chi connectivity index (χ1n) is 6.85. The Morgan fingerprint density at radius 3 is 2.37 bits per heavy atom. The second kappa shape index (κ2) is 7.59. The molecule has 0 saturated heterocycles. The molecule has 0 spiro atoms. The Bertz CT molecular complexity index is 482. The molecule has 0 aliphatic rings. The molecule has 0 heterocycles. The van der Waals surface area contributed by atoms with Crippen LogP contribution in [0.5, 0.6) is 5.75 Å². The minimum atomic E-state index is 0.731. The van der Waals surface area contributed by atoms with Crippen molar-refractivity contribution in [1.29, 1.82) is 0 Å². The third kappa shape index (κ3) is 4.42. The third-order valence-electron chi connectivity index (χ3n) is 3.07. The monoisotopic (exact) mass is 255 g/mol. The molecule has 0 unspecified atom stereocenters. The molecule has 0 amide bonds. The van der Waals surface area contributed by atoms with E-state index in [1.807, 2.05) is 18.2 Å². The van der Waals surface area contributed by atoms with Gasteiger partial charge in [0.15, 0.2) is 0 Å². The summed E-state index contributed by atoms with van der Waals surface area (Å²) < 4.78 is 5.86. The van der Waals surface area contributed by atoms with E-state index in [4.69, 9.17) is 10.5 Å². The van der Waals surface area contributed by atoms with Crippen LogP contribution in [0.1, 0.15) is 24.0 Å². The van der Waals surface area contributed by atoms with Crippen molar-refractivity contribution in [1.82, 2.24) is 0 Å². The Balaban J connectivity index is 2.00. The normalized spacial score (nSPS) is 10.4. The maximum atomic E-state index is 5.86. The highest BCUT2D eigenvalue weighted by molar-refractivity contribution is 5.37. The summed E-state index contributed by atoms with van der Waals surface area (Å²) in [5, 5.41) is 0. The molecule has 0 fully saturated rings. The molecule has 2 heteroatoms. The van der Waals surface area contributed by atoms with Crippen LogP contribution in [-0.2, 0) is 6.42 Å². The Morgan fingerprint density at radius 2 is 1.58 bits per heavy atom. The summed E-state index contributed by atoms with van der Waals surface area (Å²) >= 11 is 0. The maximum absolute atomic E-state index is 5.86. The lowest BCUT2D eigenvalue weighted by Gasteiger charge is -2.11. The van der Waals surface area contributed by atoms with Crippen LogP contribution >= 0.6 is 0 Å². The fourth-order valence-electron chi connectivity index (χ4n) is 2.03. The van der Waals surface area contributed by atoms with Gasteiger partial charge in [-0.25, -0.2) is 0 Å². The number of rotatable bonds is 7. The Kier molecular flexibility index (Phi) is 5.45. The standard InChI is InChI=1S/C17H21NO/c18-12-6-7-13-19-17-11-5-4-10-16(17)14-15-8-2-1-3-9-15/h1-5,8-11H,6-7,12-14,18H2. The van der Waals surface area contributed by atoms with Crippen molar-refractivity contribution in [3.05, 3.63) is 65.7 Å². The number of nitrogens with two attached hydrogens (primary N) is 1. The van der Waals surface area contributed by atoms with Crippen LogP contribution in [0.3, 0.4) is 0 Å². The highest BCUT2D eigenvalue weighted by Crippen LogP contribution is 2.21. The first kappa shape index (κ1) is 13.6. The molecule has 2 aromatic rings. The summed E-state index contributed by atoms with van der Waals surface area (Å²) in [4.78, 5) is 0. The van der Waals surface area contributed by atoms with Crippen LogP contribution in [0, 0.1) is 0 Å². The highest BCUT2D eigenvalue weighted by atomic mass is 16.5. The van der Waals surface area contributed by atoms with Crippen LogP contribution in [0.25, 0.3) is 0 Å². The molecule has 2 nitrogen and oxygen atoms in total. The molecule has 19 heavy (non-hydrogen) atoms. The quantitative estimate of drug-likeness (QED) is 0.770. The lowest BCUT2D eigenvalue weighted by molar-refractivity contribution is 0.305. The predicted molar refractivity (Wildman–Crippen MR) is 79.5 cm³/mol. The Labute approximate surface area is 115 Å². The summed E-state index contributed by atoms with van der Waals surface area (Å²) in [6.07, 6.45) is 2.94. The summed E-state index contributed by atoms with van der Waals surface area (Å²) in [6.45, 7) is 1.47.